The summed E-state index contributed by atoms with van der Waals surface area (Å²) in [7, 11) is 0. The molecule has 0 saturated carbocycles. The highest BCUT2D eigenvalue weighted by atomic mass is 16.2. The van der Waals surface area contributed by atoms with Crippen molar-refractivity contribution < 1.29 is 9.59 Å². The molecule has 2 amide bonds. The van der Waals surface area contributed by atoms with Gasteiger partial charge < -0.3 is 10.2 Å². The van der Waals surface area contributed by atoms with E-state index in [2.05, 4.69) is 10.3 Å². The molecule has 0 radical (unpaired) electrons. The van der Waals surface area contributed by atoms with Gasteiger partial charge in [-0.25, -0.2) is 4.98 Å². The molecule has 6 nitrogen and oxygen atoms in total. The second-order valence-corrected chi connectivity index (χ2v) is 7.29. The second kappa shape index (κ2) is 8.39. The van der Waals surface area contributed by atoms with Crippen LogP contribution in [-0.2, 0) is 4.79 Å². The molecule has 0 aliphatic carbocycles. The van der Waals surface area contributed by atoms with Crippen LogP contribution in [0.3, 0.4) is 0 Å². The summed E-state index contributed by atoms with van der Waals surface area (Å²) in [6, 6.07) is 13.3. The lowest BCUT2D eigenvalue weighted by Gasteiger charge is -2.32. The van der Waals surface area contributed by atoms with Gasteiger partial charge in [0.25, 0.3) is 5.91 Å². The zero-order chi connectivity index (χ0) is 20.2. The molecule has 1 aliphatic rings. The number of nitrogens with zero attached hydrogens (tertiary/aromatic N) is 3. The third-order valence-corrected chi connectivity index (χ3v) is 5.35. The van der Waals surface area contributed by atoms with Gasteiger partial charge in [0, 0.05) is 43.0 Å². The van der Waals surface area contributed by atoms with E-state index in [-0.39, 0.29) is 17.7 Å². The van der Waals surface area contributed by atoms with Crippen molar-refractivity contribution in [3.8, 4) is 11.3 Å². The Morgan fingerprint density at radius 2 is 1.97 bits per heavy atom. The molecule has 1 aliphatic heterocycles. The minimum atomic E-state index is -0.152. The molecule has 1 aromatic carbocycles. The molecule has 1 saturated heterocycles. The Balaban J connectivity index is 1.70. The third kappa shape index (κ3) is 3.97. The maximum absolute atomic E-state index is 13.5. The lowest BCUT2D eigenvalue weighted by atomic mass is 9.95. The summed E-state index contributed by atoms with van der Waals surface area (Å²) in [5, 5.41) is 3.71. The number of rotatable bonds is 4. The number of piperidine rings is 1. The van der Waals surface area contributed by atoms with Gasteiger partial charge in [0.1, 0.15) is 0 Å². The van der Waals surface area contributed by atoms with Crippen molar-refractivity contribution in [3.63, 3.8) is 0 Å². The first-order chi connectivity index (χ1) is 14.2. The Morgan fingerprint density at radius 1 is 1.17 bits per heavy atom. The Hall–Kier alpha value is -3.28. The first-order valence-electron chi connectivity index (χ1n) is 10.0. The summed E-state index contributed by atoms with van der Waals surface area (Å²) in [6.45, 7) is 3.63. The highest BCUT2D eigenvalue weighted by Gasteiger charge is 2.29. The molecule has 1 N–H and O–H groups in total. The van der Waals surface area contributed by atoms with Crippen LogP contribution in [0.4, 0.5) is 0 Å². The fourth-order valence-electron chi connectivity index (χ4n) is 3.89. The van der Waals surface area contributed by atoms with E-state index in [1.807, 2.05) is 54.3 Å². The van der Waals surface area contributed by atoms with Gasteiger partial charge in [-0.2, -0.15) is 0 Å². The molecule has 0 spiro atoms. The van der Waals surface area contributed by atoms with Crippen LogP contribution in [0, 0.1) is 5.92 Å². The average molecular weight is 388 g/mol. The zero-order valence-electron chi connectivity index (χ0n) is 16.5. The standard InChI is InChI=1S/C23H24N4O2/c1-2-25-22(28)17-6-5-13-27(15-17)23(29)19-14-21(16-9-11-24-12-10-16)26-20-8-4-3-7-18(19)20/h3-4,7-12,14,17H,2,5-6,13,15H2,1H3,(H,25,28). The second-order valence-electron chi connectivity index (χ2n) is 7.29. The van der Waals surface area contributed by atoms with Gasteiger partial charge in [0.15, 0.2) is 0 Å². The largest absolute Gasteiger partial charge is 0.356 e. The Kier molecular flexibility index (Phi) is 5.51. The third-order valence-electron chi connectivity index (χ3n) is 5.35. The predicted octanol–water partition coefficient (Wildman–Crippen LogP) is 3.29. The number of likely N-dealkylation sites (tertiary alicyclic amines) is 1. The molecule has 29 heavy (non-hydrogen) atoms. The zero-order valence-corrected chi connectivity index (χ0v) is 16.5. The van der Waals surface area contributed by atoms with Crippen LogP contribution in [0.1, 0.15) is 30.1 Å². The highest BCUT2D eigenvalue weighted by Crippen LogP contribution is 2.27. The average Bonchev–Trinajstić information content (AvgIpc) is 2.78. The Morgan fingerprint density at radius 3 is 2.76 bits per heavy atom. The normalized spacial score (nSPS) is 16.6. The lowest BCUT2D eigenvalue weighted by Crippen LogP contribution is -2.45. The fourth-order valence-corrected chi connectivity index (χ4v) is 3.89. The van der Waals surface area contributed by atoms with Crippen molar-refractivity contribution in [1.82, 2.24) is 20.2 Å². The minimum absolute atomic E-state index is 0.0297. The van der Waals surface area contributed by atoms with E-state index in [4.69, 9.17) is 4.98 Å². The molecule has 3 aromatic rings. The number of carbonyl (C=O) groups is 2. The predicted molar refractivity (Wildman–Crippen MR) is 112 cm³/mol. The molecule has 2 aromatic heterocycles. The number of hydrogen-bond donors (Lipinski definition) is 1. The van der Waals surface area contributed by atoms with Gasteiger partial charge in [-0.05, 0) is 44.0 Å². The van der Waals surface area contributed by atoms with Crippen molar-refractivity contribution in [2.24, 2.45) is 5.92 Å². The molecule has 4 rings (SSSR count). The molecule has 6 heteroatoms. The van der Waals surface area contributed by atoms with E-state index < -0.39 is 0 Å². The van der Waals surface area contributed by atoms with Crippen LogP contribution in [-0.4, -0.2) is 46.3 Å². The summed E-state index contributed by atoms with van der Waals surface area (Å²) in [6.07, 6.45) is 5.08. The summed E-state index contributed by atoms with van der Waals surface area (Å²) in [5.41, 5.74) is 3.06. The maximum atomic E-state index is 13.5. The van der Waals surface area contributed by atoms with Crippen LogP contribution >= 0.6 is 0 Å². The van der Waals surface area contributed by atoms with E-state index in [1.54, 1.807) is 12.4 Å². The number of aromatic nitrogens is 2. The maximum Gasteiger partial charge on any atom is 0.254 e. The number of hydrogen-bond acceptors (Lipinski definition) is 4. The lowest BCUT2D eigenvalue weighted by molar-refractivity contribution is -0.126. The molecular weight excluding hydrogens is 364 g/mol. The van der Waals surface area contributed by atoms with E-state index >= 15 is 0 Å². The van der Waals surface area contributed by atoms with Gasteiger partial charge in [0.05, 0.1) is 22.7 Å². The highest BCUT2D eigenvalue weighted by molar-refractivity contribution is 6.07. The number of benzene rings is 1. The number of pyridine rings is 2. The van der Waals surface area contributed by atoms with Crippen LogP contribution in [0.15, 0.2) is 54.9 Å². The molecule has 1 unspecified atom stereocenters. The van der Waals surface area contributed by atoms with Gasteiger partial charge in [-0.3, -0.25) is 14.6 Å². The number of fused-ring (bicyclic) bond motifs is 1. The van der Waals surface area contributed by atoms with Gasteiger partial charge in [-0.1, -0.05) is 18.2 Å². The summed E-state index contributed by atoms with van der Waals surface area (Å²) in [5.74, 6) is -0.171. The van der Waals surface area contributed by atoms with Crippen LogP contribution < -0.4 is 5.32 Å². The van der Waals surface area contributed by atoms with E-state index in [1.165, 1.54) is 0 Å². The fraction of sp³-hybridized carbons (Fsp3) is 0.304. The summed E-state index contributed by atoms with van der Waals surface area (Å²) >= 11 is 0. The molecule has 1 fully saturated rings. The van der Waals surface area contributed by atoms with Crippen molar-refractivity contribution in [2.75, 3.05) is 19.6 Å². The van der Waals surface area contributed by atoms with Gasteiger partial charge in [0.2, 0.25) is 5.91 Å². The first-order valence-corrected chi connectivity index (χ1v) is 10.0. The van der Waals surface area contributed by atoms with Crippen molar-refractivity contribution in [3.05, 3.63) is 60.4 Å². The van der Waals surface area contributed by atoms with Crippen molar-refractivity contribution in [1.29, 1.82) is 0 Å². The quantitative estimate of drug-likeness (QED) is 0.744. The molecule has 3 heterocycles. The van der Waals surface area contributed by atoms with Crippen LogP contribution in [0.5, 0.6) is 0 Å². The number of para-hydroxylation sites is 1. The van der Waals surface area contributed by atoms with E-state index in [0.29, 0.717) is 25.2 Å². The minimum Gasteiger partial charge on any atom is -0.356 e. The SMILES string of the molecule is CCNC(=O)C1CCCN(C(=O)c2cc(-c3ccncc3)nc3ccccc23)C1. The topological polar surface area (TPSA) is 75.2 Å². The van der Waals surface area contributed by atoms with Gasteiger partial charge >= 0.3 is 0 Å². The summed E-state index contributed by atoms with van der Waals surface area (Å²) < 4.78 is 0. The molecule has 1 atom stereocenters. The van der Waals surface area contributed by atoms with Crippen molar-refractivity contribution in [2.45, 2.75) is 19.8 Å². The van der Waals surface area contributed by atoms with Crippen LogP contribution in [0.25, 0.3) is 22.2 Å². The van der Waals surface area contributed by atoms with E-state index in [9.17, 15) is 9.59 Å². The van der Waals surface area contributed by atoms with Crippen molar-refractivity contribution >= 4 is 22.7 Å². The number of carbonyl (C=O) groups excluding carboxylic acids is 2. The monoisotopic (exact) mass is 388 g/mol. The Bertz CT molecular complexity index is 1040. The van der Waals surface area contributed by atoms with Crippen LogP contribution in [0.2, 0.25) is 0 Å². The van der Waals surface area contributed by atoms with Gasteiger partial charge in [-0.15, -0.1) is 0 Å². The number of nitrogens with one attached hydrogen (secondary N) is 1. The first kappa shape index (κ1) is 19.1. The Labute approximate surface area is 170 Å². The summed E-state index contributed by atoms with van der Waals surface area (Å²) in [4.78, 5) is 36.4. The smallest absolute Gasteiger partial charge is 0.254 e. The number of amides is 2. The molecular formula is C23H24N4O2. The molecule has 0 bridgehead atoms. The van der Waals surface area contributed by atoms with E-state index in [0.717, 1.165) is 35.0 Å². The molecule has 148 valence electrons.